The van der Waals surface area contributed by atoms with Gasteiger partial charge >= 0.3 is 0 Å². The molecule has 1 N–H and O–H groups in total. The monoisotopic (exact) mass is 320 g/mol. The van der Waals surface area contributed by atoms with Crippen LogP contribution >= 0.6 is 0 Å². The highest BCUT2D eigenvalue weighted by atomic mass is 16.1. The predicted octanol–water partition coefficient (Wildman–Crippen LogP) is 3.13. The van der Waals surface area contributed by atoms with Crippen molar-refractivity contribution in [1.29, 1.82) is 0 Å². The van der Waals surface area contributed by atoms with Crippen molar-refractivity contribution in [2.24, 2.45) is 0 Å². The van der Waals surface area contributed by atoms with Crippen LogP contribution in [0.2, 0.25) is 0 Å². The van der Waals surface area contributed by atoms with E-state index in [1.165, 1.54) is 5.56 Å². The first-order chi connectivity index (χ1) is 11.7. The Labute approximate surface area is 141 Å². The molecule has 24 heavy (non-hydrogen) atoms. The highest BCUT2D eigenvalue weighted by Crippen LogP contribution is 2.21. The van der Waals surface area contributed by atoms with Gasteiger partial charge in [0.15, 0.2) is 0 Å². The van der Waals surface area contributed by atoms with Crippen molar-refractivity contribution >= 4 is 5.91 Å². The van der Waals surface area contributed by atoms with Gasteiger partial charge in [0, 0.05) is 18.9 Å². The Bertz CT molecular complexity index is 809. The molecule has 0 spiro atoms. The zero-order valence-electron chi connectivity index (χ0n) is 13.8. The fraction of sp³-hybridized carbons (Fsp3) is 0.211. The van der Waals surface area contributed by atoms with Crippen molar-refractivity contribution in [2.75, 3.05) is 0 Å². The third kappa shape index (κ3) is 3.51. The van der Waals surface area contributed by atoms with E-state index in [1.54, 1.807) is 23.3 Å². The Morgan fingerprint density at radius 1 is 1.21 bits per heavy atom. The van der Waals surface area contributed by atoms with Gasteiger partial charge in [0.25, 0.3) is 5.91 Å². The molecule has 3 aromatic rings. The lowest BCUT2D eigenvalue weighted by molar-refractivity contribution is 0.0942. The molecule has 1 aromatic carbocycles. The zero-order valence-corrected chi connectivity index (χ0v) is 13.8. The Kier molecular flexibility index (Phi) is 4.70. The van der Waals surface area contributed by atoms with E-state index in [0.29, 0.717) is 5.56 Å². The molecule has 0 fully saturated rings. The molecule has 2 aromatic heterocycles. The van der Waals surface area contributed by atoms with Crippen LogP contribution in [0.25, 0.3) is 0 Å². The lowest BCUT2D eigenvalue weighted by atomic mass is 10.0. The molecule has 0 unspecified atom stereocenters. The van der Waals surface area contributed by atoms with Crippen LogP contribution in [0.3, 0.4) is 0 Å². The van der Waals surface area contributed by atoms with Gasteiger partial charge in [-0.1, -0.05) is 35.9 Å². The lowest BCUT2D eigenvalue weighted by Gasteiger charge is -2.18. The minimum atomic E-state index is -0.302. The van der Waals surface area contributed by atoms with E-state index in [1.807, 2.05) is 56.3 Å². The van der Waals surface area contributed by atoms with Gasteiger partial charge in [-0.05, 0) is 31.5 Å². The molecular weight excluding hydrogens is 300 g/mol. The summed E-state index contributed by atoms with van der Waals surface area (Å²) in [5, 5.41) is 7.23. The van der Waals surface area contributed by atoms with Crippen molar-refractivity contribution in [3.05, 3.63) is 83.4 Å². The van der Waals surface area contributed by atoms with Crippen LogP contribution in [0.5, 0.6) is 0 Å². The Morgan fingerprint density at radius 2 is 2.00 bits per heavy atom. The number of nitrogens with zero attached hydrogens (tertiary/aromatic N) is 3. The molecule has 0 saturated carbocycles. The molecule has 0 aliphatic carbocycles. The first-order valence-corrected chi connectivity index (χ1v) is 7.98. The number of aryl methyl sites for hydroxylation is 2. The molecule has 5 heteroatoms. The SMILES string of the molecule is CCn1cc(C(=O)N[C@H](c2ccc(C)cc2)c2ccccn2)cn1. The molecule has 0 saturated heterocycles. The van der Waals surface area contributed by atoms with Gasteiger partial charge in [0.05, 0.1) is 23.5 Å². The number of hydrogen-bond donors (Lipinski definition) is 1. The first kappa shape index (κ1) is 15.9. The predicted molar refractivity (Wildman–Crippen MR) is 92.6 cm³/mol. The van der Waals surface area contributed by atoms with E-state index in [-0.39, 0.29) is 11.9 Å². The van der Waals surface area contributed by atoms with Gasteiger partial charge in [-0.2, -0.15) is 5.10 Å². The van der Waals surface area contributed by atoms with E-state index < -0.39 is 0 Å². The molecule has 0 aliphatic heterocycles. The highest BCUT2D eigenvalue weighted by Gasteiger charge is 2.19. The smallest absolute Gasteiger partial charge is 0.255 e. The van der Waals surface area contributed by atoms with Gasteiger partial charge in [0.1, 0.15) is 0 Å². The second kappa shape index (κ2) is 7.08. The number of nitrogens with one attached hydrogen (secondary N) is 1. The second-order valence-corrected chi connectivity index (χ2v) is 5.66. The van der Waals surface area contributed by atoms with Crippen LogP contribution < -0.4 is 5.32 Å². The van der Waals surface area contributed by atoms with Gasteiger partial charge in [-0.15, -0.1) is 0 Å². The minimum Gasteiger partial charge on any atom is -0.339 e. The summed E-state index contributed by atoms with van der Waals surface area (Å²) < 4.78 is 1.73. The van der Waals surface area contributed by atoms with Gasteiger partial charge < -0.3 is 5.32 Å². The molecule has 1 amide bonds. The van der Waals surface area contributed by atoms with Crippen LogP contribution in [0, 0.1) is 6.92 Å². The fourth-order valence-corrected chi connectivity index (χ4v) is 2.50. The summed E-state index contributed by atoms with van der Waals surface area (Å²) >= 11 is 0. The number of pyridine rings is 1. The summed E-state index contributed by atoms with van der Waals surface area (Å²) in [6.07, 6.45) is 5.07. The van der Waals surface area contributed by atoms with E-state index in [9.17, 15) is 4.79 Å². The fourth-order valence-electron chi connectivity index (χ4n) is 2.50. The standard InChI is InChI=1S/C19H20N4O/c1-3-23-13-16(12-21-23)19(24)22-18(17-6-4-5-11-20-17)15-9-7-14(2)8-10-15/h4-13,18H,3H2,1-2H3,(H,22,24)/t18-/m1/s1. The van der Waals surface area contributed by atoms with Gasteiger partial charge in [-0.25, -0.2) is 0 Å². The topological polar surface area (TPSA) is 59.8 Å². The summed E-state index contributed by atoms with van der Waals surface area (Å²) in [4.78, 5) is 17.0. The quantitative estimate of drug-likeness (QED) is 0.786. The largest absolute Gasteiger partial charge is 0.339 e. The summed E-state index contributed by atoms with van der Waals surface area (Å²) in [6, 6.07) is 13.5. The molecule has 2 heterocycles. The summed E-state index contributed by atoms with van der Waals surface area (Å²) in [7, 11) is 0. The van der Waals surface area contributed by atoms with Crippen LogP contribution in [0.15, 0.2) is 61.1 Å². The first-order valence-electron chi connectivity index (χ1n) is 7.98. The van der Waals surface area contributed by atoms with Crippen LogP contribution in [0.1, 0.15) is 40.1 Å². The molecule has 0 bridgehead atoms. The molecule has 0 aliphatic rings. The third-order valence-electron chi connectivity index (χ3n) is 3.89. The maximum Gasteiger partial charge on any atom is 0.255 e. The third-order valence-corrected chi connectivity index (χ3v) is 3.89. The van der Waals surface area contributed by atoms with Gasteiger partial charge in [-0.3, -0.25) is 14.5 Å². The number of amides is 1. The average molecular weight is 320 g/mol. The van der Waals surface area contributed by atoms with Gasteiger partial charge in [0.2, 0.25) is 0 Å². The molecule has 0 radical (unpaired) electrons. The molecule has 122 valence electrons. The Morgan fingerprint density at radius 3 is 2.62 bits per heavy atom. The summed E-state index contributed by atoms with van der Waals surface area (Å²) in [6.45, 7) is 4.75. The van der Waals surface area contributed by atoms with Crippen LogP contribution in [0.4, 0.5) is 0 Å². The van der Waals surface area contributed by atoms with E-state index in [0.717, 1.165) is 17.8 Å². The van der Waals surface area contributed by atoms with Crippen molar-refractivity contribution in [3.63, 3.8) is 0 Å². The normalized spacial score (nSPS) is 11.9. The number of carbonyl (C=O) groups excluding carboxylic acids is 1. The maximum absolute atomic E-state index is 12.6. The van der Waals surface area contributed by atoms with Crippen molar-refractivity contribution in [2.45, 2.75) is 26.4 Å². The van der Waals surface area contributed by atoms with E-state index >= 15 is 0 Å². The molecule has 5 nitrogen and oxygen atoms in total. The average Bonchev–Trinajstić information content (AvgIpc) is 3.10. The maximum atomic E-state index is 12.6. The second-order valence-electron chi connectivity index (χ2n) is 5.66. The number of rotatable bonds is 5. The summed E-state index contributed by atoms with van der Waals surface area (Å²) in [5.74, 6) is -0.161. The molecule has 3 rings (SSSR count). The number of carbonyl (C=O) groups is 1. The summed E-state index contributed by atoms with van der Waals surface area (Å²) in [5.41, 5.74) is 3.52. The van der Waals surface area contributed by atoms with Crippen LogP contribution in [-0.4, -0.2) is 20.7 Å². The van der Waals surface area contributed by atoms with E-state index in [4.69, 9.17) is 0 Å². The Balaban J connectivity index is 1.90. The van der Waals surface area contributed by atoms with E-state index in [2.05, 4.69) is 15.4 Å². The number of benzene rings is 1. The highest BCUT2D eigenvalue weighted by molar-refractivity contribution is 5.94. The minimum absolute atomic E-state index is 0.161. The number of aromatic nitrogens is 3. The van der Waals surface area contributed by atoms with Crippen LogP contribution in [-0.2, 0) is 6.54 Å². The van der Waals surface area contributed by atoms with Crippen molar-refractivity contribution in [3.8, 4) is 0 Å². The van der Waals surface area contributed by atoms with Crippen molar-refractivity contribution in [1.82, 2.24) is 20.1 Å². The van der Waals surface area contributed by atoms with Crippen molar-refractivity contribution < 1.29 is 4.79 Å². The molecule has 1 atom stereocenters. The zero-order chi connectivity index (χ0) is 16.9. The lowest BCUT2D eigenvalue weighted by Crippen LogP contribution is -2.29. The molecular formula is C19H20N4O. The Hall–Kier alpha value is -2.95. The number of hydrogen-bond acceptors (Lipinski definition) is 3.